The van der Waals surface area contributed by atoms with Gasteiger partial charge in [-0.15, -0.1) is 0 Å². The number of nitrogens with one attached hydrogen (secondary N) is 2. The largest absolute Gasteiger partial charge is 0.497 e. The van der Waals surface area contributed by atoms with Gasteiger partial charge in [-0.25, -0.2) is 5.43 Å². The van der Waals surface area contributed by atoms with E-state index in [2.05, 4.69) is 20.7 Å². The van der Waals surface area contributed by atoms with E-state index in [-0.39, 0.29) is 5.69 Å². The fourth-order valence-corrected chi connectivity index (χ4v) is 2.75. The van der Waals surface area contributed by atoms with E-state index in [0.717, 1.165) is 5.56 Å². The molecule has 9 heteroatoms. The molecule has 2 N–H and O–H groups in total. The van der Waals surface area contributed by atoms with E-state index >= 15 is 0 Å². The third kappa shape index (κ3) is 4.52. The summed E-state index contributed by atoms with van der Waals surface area (Å²) in [5.74, 6) is 2.00. The number of aromatic amines is 1. The number of hydrazone groups is 1. The summed E-state index contributed by atoms with van der Waals surface area (Å²) in [5.41, 5.74) is 4.68. The van der Waals surface area contributed by atoms with Crippen molar-refractivity contribution in [1.29, 1.82) is 0 Å². The van der Waals surface area contributed by atoms with Crippen molar-refractivity contribution in [3.8, 4) is 34.3 Å². The quantitative estimate of drug-likeness (QED) is 0.437. The lowest BCUT2D eigenvalue weighted by Gasteiger charge is -2.08. The summed E-state index contributed by atoms with van der Waals surface area (Å²) in [6, 6.07) is 12.2. The third-order valence-electron chi connectivity index (χ3n) is 4.29. The predicted octanol–water partition coefficient (Wildman–Crippen LogP) is 2.88. The van der Waals surface area contributed by atoms with Crippen molar-refractivity contribution < 1.29 is 23.7 Å². The number of hydrogen-bond acceptors (Lipinski definition) is 7. The molecule has 3 aromatic rings. The van der Waals surface area contributed by atoms with Crippen molar-refractivity contribution in [2.45, 2.75) is 0 Å². The van der Waals surface area contributed by atoms with Crippen LogP contribution in [0, 0.1) is 0 Å². The van der Waals surface area contributed by atoms with Gasteiger partial charge in [0.2, 0.25) is 0 Å². The van der Waals surface area contributed by atoms with E-state index in [4.69, 9.17) is 18.9 Å². The Labute approximate surface area is 173 Å². The zero-order valence-corrected chi connectivity index (χ0v) is 17.1. The van der Waals surface area contributed by atoms with Crippen molar-refractivity contribution in [3.63, 3.8) is 0 Å². The number of benzene rings is 2. The van der Waals surface area contributed by atoms with Crippen molar-refractivity contribution in [1.82, 2.24) is 15.6 Å². The maximum absolute atomic E-state index is 12.4. The number of methoxy groups -OCH3 is 4. The molecule has 0 fully saturated rings. The second-order valence-electron chi connectivity index (χ2n) is 6.05. The molecule has 3 rings (SSSR count). The van der Waals surface area contributed by atoms with Crippen LogP contribution in [0.4, 0.5) is 0 Å². The normalized spacial score (nSPS) is 10.7. The fourth-order valence-electron chi connectivity index (χ4n) is 2.75. The molecule has 0 spiro atoms. The van der Waals surface area contributed by atoms with E-state index in [0.29, 0.717) is 34.3 Å². The number of nitrogens with zero attached hydrogens (tertiary/aromatic N) is 2. The van der Waals surface area contributed by atoms with Gasteiger partial charge in [0, 0.05) is 5.56 Å². The molecule has 1 amide bonds. The molecule has 0 aliphatic rings. The summed E-state index contributed by atoms with van der Waals surface area (Å²) in [7, 11) is 6.25. The number of hydrogen-bond donors (Lipinski definition) is 2. The molecule has 30 heavy (non-hydrogen) atoms. The average Bonchev–Trinajstić information content (AvgIpc) is 3.28. The second-order valence-corrected chi connectivity index (χ2v) is 6.05. The van der Waals surface area contributed by atoms with Gasteiger partial charge >= 0.3 is 0 Å². The molecule has 1 heterocycles. The lowest BCUT2D eigenvalue weighted by molar-refractivity contribution is 0.0950. The number of amides is 1. The molecule has 2 aromatic carbocycles. The zero-order chi connectivity index (χ0) is 21.5. The Balaban J connectivity index is 1.72. The second kappa shape index (κ2) is 9.46. The van der Waals surface area contributed by atoms with Crippen LogP contribution in [0.3, 0.4) is 0 Å². The van der Waals surface area contributed by atoms with Crippen LogP contribution in [0.25, 0.3) is 11.3 Å². The Morgan fingerprint density at radius 3 is 2.37 bits per heavy atom. The van der Waals surface area contributed by atoms with Gasteiger partial charge in [0.1, 0.15) is 17.2 Å². The molecule has 1 aromatic heterocycles. The van der Waals surface area contributed by atoms with E-state index in [1.807, 2.05) is 0 Å². The molecule has 0 aliphatic carbocycles. The first-order valence-electron chi connectivity index (χ1n) is 8.92. The molecule has 0 saturated heterocycles. The number of H-pyrrole nitrogens is 1. The fraction of sp³-hybridized carbons (Fsp3) is 0.190. The zero-order valence-electron chi connectivity index (χ0n) is 17.1. The minimum atomic E-state index is -0.438. The lowest BCUT2D eigenvalue weighted by Crippen LogP contribution is -2.18. The van der Waals surface area contributed by atoms with Crippen molar-refractivity contribution in [2.24, 2.45) is 5.10 Å². The van der Waals surface area contributed by atoms with Gasteiger partial charge in [-0.1, -0.05) is 0 Å². The summed E-state index contributed by atoms with van der Waals surface area (Å²) in [5, 5.41) is 10.9. The van der Waals surface area contributed by atoms with E-state index < -0.39 is 5.91 Å². The van der Waals surface area contributed by atoms with Crippen LogP contribution in [0.5, 0.6) is 23.0 Å². The Morgan fingerprint density at radius 1 is 0.933 bits per heavy atom. The highest BCUT2D eigenvalue weighted by molar-refractivity contribution is 5.94. The highest BCUT2D eigenvalue weighted by Crippen LogP contribution is 2.32. The topological polar surface area (TPSA) is 107 Å². The van der Waals surface area contributed by atoms with Crippen LogP contribution in [0.2, 0.25) is 0 Å². The van der Waals surface area contributed by atoms with Gasteiger partial charge in [0.15, 0.2) is 11.5 Å². The van der Waals surface area contributed by atoms with Gasteiger partial charge < -0.3 is 18.9 Å². The number of rotatable bonds is 8. The molecule has 0 unspecified atom stereocenters. The standard InChI is InChI=1S/C21H22N4O5/c1-27-14-6-8-18(28-2)15(10-14)16-11-17(24-23-16)21(26)25-22-12-13-5-7-19(29-3)20(9-13)30-4/h5-12H,1-4H3,(H,23,24)(H,25,26)/b22-12-. The highest BCUT2D eigenvalue weighted by Gasteiger charge is 2.14. The molecule has 156 valence electrons. The van der Waals surface area contributed by atoms with Crippen molar-refractivity contribution in [3.05, 3.63) is 53.7 Å². The third-order valence-corrected chi connectivity index (χ3v) is 4.29. The molecular formula is C21H22N4O5. The van der Waals surface area contributed by atoms with Gasteiger partial charge in [0.25, 0.3) is 5.91 Å². The summed E-state index contributed by atoms with van der Waals surface area (Å²) in [6.07, 6.45) is 1.50. The summed E-state index contributed by atoms with van der Waals surface area (Å²) in [6.45, 7) is 0. The number of carbonyl (C=O) groups excluding carboxylic acids is 1. The molecular weight excluding hydrogens is 388 g/mol. The number of aromatic nitrogens is 2. The maximum Gasteiger partial charge on any atom is 0.289 e. The first-order valence-corrected chi connectivity index (χ1v) is 8.92. The van der Waals surface area contributed by atoms with Gasteiger partial charge in [-0.2, -0.15) is 10.2 Å². The van der Waals surface area contributed by atoms with Crippen molar-refractivity contribution >= 4 is 12.1 Å². The molecule has 0 aliphatic heterocycles. The van der Waals surface area contributed by atoms with Crippen LogP contribution in [0.1, 0.15) is 16.1 Å². The van der Waals surface area contributed by atoms with E-state index in [1.54, 1.807) is 70.9 Å². The minimum Gasteiger partial charge on any atom is -0.497 e. The van der Waals surface area contributed by atoms with Gasteiger partial charge in [0.05, 0.1) is 40.3 Å². The Hall–Kier alpha value is -4.01. The van der Waals surface area contributed by atoms with E-state index in [9.17, 15) is 4.79 Å². The first kappa shape index (κ1) is 20.7. The first-order chi connectivity index (χ1) is 14.6. The SMILES string of the molecule is COc1ccc(OC)c(-c2cc(C(=O)N/N=C\c3ccc(OC)c(OC)c3)[nH]n2)c1. The summed E-state index contributed by atoms with van der Waals surface area (Å²) >= 11 is 0. The predicted molar refractivity (Wildman–Crippen MR) is 112 cm³/mol. The number of carbonyl (C=O) groups is 1. The molecule has 0 radical (unpaired) electrons. The van der Waals surface area contributed by atoms with E-state index in [1.165, 1.54) is 6.21 Å². The van der Waals surface area contributed by atoms with Crippen LogP contribution >= 0.6 is 0 Å². The number of ether oxygens (including phenoxy) is 4. The Bertz CT molecular complexity index is 1060. The summed E-state index contributed by atoms with van der Waals surface area (Å²) < 4.78 is 21.1. The maximum atomic E-state index is 12.4. The van der Waals surface area contributed by atoms with Crippen molar-refractivity contribution in [2.75, 3.05) is 28.4 Å². The molecule has 0 saturated carbocycles. The average molecular weight is 410 g/mol. The minimum absolute atomic E-state index is 0.249. The van der Waals surface area contributed by atoms with Crippen LogP contribution < -0.4 is 24.4 Å². The van der Waals surface area contributed by atoms with Crippen LogP contribution in [-0.4, -0.2) is 50.8 Å². The highest BCUT2D eigenvalue weighted by atomic mass is 16.5. The smallest absolute Gasteiger partial charge is 0.289 e. The lowest BCUT2D eigenvalue weighted by atomic mass is 10.1. The molecule has 9 nitrogen and oxygen atoms in total. The van der Waals surface area contributed by atoms with Crippen LogP contribution in [0.15, 0.2) is 47.6 Å². The van der Waals surface area contributed by atoms with Crippen LogP contribution in [-0.2, 0) is 0 Å². The summed E-state index contributed by atoms with van der Waals surface area (Å²) in [4.78, 5) is 12.4. The molecule has 0 bridgehead atoms. The van der Waals surface area contributed by atoms with Gasteiger partial charge in [-0.05, 0) is 48.0 Å². The Morgan fingerprint density at radius 2 is 1.67 bits per heavy atom. The monoisotopic (exact) mass is 410 g/mol. The molecule has 0 atom stereocenters. The van der Waals surface area contributed by atoms with Gasteiger partial charge in [-0.3, -0.25) is 9.89 Å². The Kier molecular flexibility index (Phi) is 6.53.